The lowest BCUT2D eigenvalue weighted by Crippen LogP contribution is -2.20. The monoisotopic (exact) mass is 805 g/mol. The molecule has 57 heavy (non-hydrogen) atoms. The number of esters is 2. The molecule has 0 aliphatic carbocycles. The zero-order valence-electron chi connectivity index (χ0n) is 39.8. The molecule has 0 aliphatic rings. The molecule has 0 bridgehead atoms. The smallest absolute Gasteiger partial charge is 0.308 e. The summed E-state index contributed by atoms with van der Waals surface area (Å²) < 4.78 is 11.2. The SMILES string of the molecule is CCCCCCCCCCCCCCCCCCCCCC(C)C(=O)OCCC(C)COC(=O)C(C)CCCCCCCCCCCCCCCCCCCCC. The van der Waals surface area contributed by atoms with Crippen LogP contribution in [0.4, 0.5) is 0 Å². The first-order chi connectivity index (χ1) is 27.9. The largest absolute Gasteiger partial charge is 0.465 e. The van der Waals surface area contributed by atoms with E-state index in [0.29, 0.717) is 13.2 Å². The molecule has 3 atom stereocenters. The second-order valence-corrected chi connectivity index (χ2v) is 18.8. The van der Waals surface area contributed by atoms with Gasteiger partial charge in [0.15, 0.2) is 0 Å². The highest BCUT2D eigenvalue weighted by Crippen LogP contribution is 2.19. The first-order valence-corrected chi connectivity index (χ1v) is 26.3. The zero-order chi connectivity index (χ0) is 41.7. The Morgan fingerprint density at radius 3 is 0.807 bits per heavy atom. The number of unbranched alkanes of at least 4 members (excludes halogenated alkanes) is 36. The van der Waals surface area contributed by atoms with Gasteiger partial charge in [-0.15, -0.1) is 0 Å². The molecule has 0 heterocycles. The van der Waals surface area contributed by atoms with Gasteiger partial charge in [0.1, 0.15) is 0 Å². The zero-order valence-corrected chi connectivity index (χ0v) is 39.8. The van der Waals surface area contributed by atoms with Crippen molar-refractivity contribution in [3.8, 4) is 0 Å². The maximum Gasteiger partial charge on any atom is 0.308 e. The van der Waals surface area contributed by atoms with Crippen LogP contribution in [0.25, 0.3) is 0 Å². The fourth-order valence-corrected chi connectivity index (χ4v) is 8.25. The molecule has 4 heteroatoms. The van der Waals surface area contributed by atoms with Crippen molar-refractivity contribution in [2.24, 2.45) is 17.8 Å². The molecule has 0 saturated carbocycles. The van der Waals surface area contributed by atoms with Gasteiger partial charge in [-0.05, 0) is 25.2 Å². The summed E-state index contributed by atoms with van der Waals surface area (Å²) in [5, 5.41) is 0. The molecule has 0 rings (SSSR count). The van der Waals surface area contributed by atoms with E-state index in [4.69, 9.17) is 9.47 Å². The van der Waals surface area contributed by atoms with Gasteiger partial charge in [0.25, 0.3) is 0 Å². The van der Waals surface area contributed by atoms with Crippen LogP contribution in [0, 0.1) is 17.8 Å². The summed E-state index contributed by atoms with van der Waals surface area (Å²) in [6, 6.07) is 0. The van der Waals surface area contributed by atoms with E-state index in [0.717, 1.165) is 32.1 Å². The first-order valence-electron chi connectivity index (χ1n) is 26.3. The molecule has 0 aliphatic heterocycles. The highest BCUT2D eigenvalue weighted by atomic mass is 16.5. The van der Waals surface area contributed by atoms with E-state index < -0.39 is 0 Å². The van der Waals surface area contributed by atoms with Gasteiger partial charge in [-0.25, -0.2) is 0 Å². The van der Waals surface area contributed by atoms with Crippen molar-refractivity contribution >= 4 is 11.9 Å². The molecule has 3 unspecified atom stereocenters. The minimum absolute atomic E-state index is 0.0335. The number of carbonyl (C=O) groups is 2. The van der Waals surface area contributed by atoms with E-state index >= 15 is 0 Å². The minimum Gasteiger partial charge on any atom is -0.465 e. The van der Waals surface area contributed by atoms with E-state index in [1.54, 1.807) is 0 Å². The highest BCUT2D eigenvalue weighted by Gasteiger charge is 2.17. The Hall–Kier alpha value is -1.06. The Balaban J connectivity index is 3.51. The van der Waals surface area contributed by atoms with Crippen LogP contribution in [0.2, 0.25) is 0 Å². The van der Waals surface area contributed by atoms with Gasteiger partial charge >= 0.3 is 11.9 Å². The van der Waals surface area contributed by atoms with Crippen LogP contribution in [0.15, 0.2) is 0 Å². The van der Waals surface area contributed by atoms with Gasteiger partial charge in [0.2, 0.25) is 0 Å². The van der Waals surface area contributed by atoms with Crippen molar-refractivity contribution in [3.05, 3.63) is 0 Å². The van der Waals surface area contributed by atoms with E-state index in [2.05, 4.69) is 20.8 Å². The van der Waals surface area contributed by atoms with Crippen LogP contribution in [-0.2, 0) is 19.1 Å². The lowest BCUT2D eigenvalue weighted by atomic mass is 10.0. The Kier molecular flexibility index (Phi) is 45.2. The molecule has 0 aromatic heterocycles. The molecule has 0 saturated heterocycles. The van der Waals surface area contributed by atoms with E-state index in [1.165, 1.54) is 231 Å². The van der Waals surface area contributed by atoms with Crippen molar-refractivity contribution in [1.82, 2.24) is 0 Å². The molecule has 4 nitrogen and oxygen atoms in total. The molecular weight excluding hydrogens is 701 g/mol. The Bertz CT molecular complexity index is 811. The lowest BCUT2D eigenvalue weighted by molar-refractivity contribution is -0.152. The van der Waals surface area contributed by atoms with Crippen LogP contribution >= 0.6 is 0 Å². The van der Waals surface area contributed by atoms with Crippen molar-refractivity contribution in [3.63, 3.8) is 0 Å². The van der Waals surface area contributed by atoms with Gasteiger partial charge in [0.05, 0.1) is 25.0 Å². The van der Waals surface area contributed by atoms with Crippen LogP contribution in [0.5, 0.6) is 0 Å². The minimum atomic E-state index is -0.0746. The third-order valence-corrected chi connectivity index (χ3v) is 12.7. The van der Waals surface area contributed by atoms with Gasteiger partial charge in [-0.2, -0.15) is 0 Å². The fraction of sp³-hybridized carbons (Fsp3) is 0.962. The first kappa shape index (κ1) is 55.9. The third-order valence-electron chi connectivity index (χ3n) is 12.7. The predicted octanol–water partition coefficient (Wildman–Crippen LogP) is 18.0. The molecule has 0 N–H and O–H groups in total. The van der Waals surface area contributed by atoms with E-state index in [1.807, 2.05) is 13.8 Å². The topological polar surface area (TPSA) is 52.6 Å². The Morgan fingerprint density at radius 2 is 0.544 bits per heavy atom. The Morgan fingerprint density at radius 1 is 0.316 bits per heavy atom. The third kappa shape index (κ3) is 42.9. The van der Waals surface area contributed by atoms with Gasteiger partial charge in [-0.3, -0.25) is 9.59 Å². The normalized spacial score (nSPS) is 13.1. The summed E-state index contributed by atoms with van der Waals surface area (Å²) in [7, 11) is 0. The fourth-order valence-electron chi connectivity index (χ4n) is 8.25. The van der Waals surface area contributed by atoms with Crippen molar-refractivity contribution in [1.29, 1.82) is 0 Å². The quantitative estimate of drug-likeness (QED) is 0.0454. The summed E-state index contributed by atoms with van der Waals surface area (Å²) in [6.07, 6.45) is 55.1. The summed E-state index contributed by atoms with van der Waals surface area (Å²) in [6.45, 7) is 11.5. The highest BCUT2D eigenvalue weighted by molar-refractivity contribution is 5.72. The molecule has 0 aromatic carbocycles. The van der Waals surface area contributed by atoms with Crippen LogP contribution in [-0.4, -0.2) is 25.2 Å². The Labute approximate surface area is 358 Å². The van der Waals surface area contributed by atoms with Gasteiger partial charge in [0, 0.05) is 0 Å². The van der Waals surface area contributed by atoms with Crippen molar-refractivity contribution in [2.45, 2.75) is 298 Å². The predicted molar refractivity (Wildman–Crippen MR) is 250 cm³/mol. The molecule has 0 radical (unpaired) electrons. The van der Waals surface area contributed by atoms with Gasteiger partial charge in [-0.1, -0.05) is 279 Å². The van der Waals surface area contributed by atoms with Crippen molar-refractivity contribution in [2.75, 3.05) is 13.2 Å². The van der Waals surface area contributed by atoms with Crippen LogP contribution in [0.1, 0.15) is 298 Å². The maximum atomic E-state index is 12.5. The number of ether oxygens (including phenoxy) is 2. The molecule has 340 valence electrons. The second-order valence-electron chi connectivity index (χ2n) is 18.8. The summed E-state index contributed by atoms with van der Waals surface area (Å²) in [5.41, 5.74) is 0. The lowest BCUT2D eigenvalue weighted by Gasteiger charge is -2.16. The number of carbonyl (C=O) groups excluding carboxylic acids is 2. The average molecular weight is 805 g/mol. The van der Waals surface area contributed by atoms with Crippen LogP contribution in [0.3, 0.4) is 0 Å². The van der Waals surface area contributed by atoms with E-state index in [-0.39, 0.29) is 29.7 Å². The van der Waals surface area contributed by atoms with E-state index in [9.17, 15) is 9.59 Å². The molecule has 0 aromatic rings. The summed E-state index contributed by atoms with van der Waals surface area (Å²) in [4.78, 5) is 25.0. The molecular formula is C53H104O4. The number of rotatable bonds is 47. The summed E-state index contributed by atoms with van der Waals surface area (Å²) >= 11 is 0. The second kappa shape index (κ2) is 46.0. The average Bonchev–Trinajstić information content (AvgIpc) is 3.21. The molecule has 0 amide bonds. The number of hydrogen-bond acceptors (Lipinski definition) is 4. The standard InChI is InChI=1S/C53H104O4/c1-6-8-10-12-14-16-18-20-22-24-26-28-30-32-34-36-38-40-42-44-50(4)52(54)56-47-46-49(3)48-57-53(55)51(5)45-43-41-39-37-35-33-31-29-27-25-23-21-19-17-15-13-11-9-7-2/h49-51H,6-48H2,1-5H3. The van der Waals surface area contributed by atoms with Gasteiger partial charge < -0.3 is 9.47 Å². The summed E-state index contributed by atoms with van der Waals surface area (Å²) in [5.74, 6) is -0.0252. The number of hydrogen-bond donors (Lipinski definition) is 0. The van der Waals surface area contributed by atoms with Crippen LogP contribution < -0.4 is 0 Å². The van der Waals surface area contributed by atoms with Crippen molar-refractivity contribution < 1.29 is 19.1 Å². The maximum absolute atomic E-state index is 12.5. The molecule has 0 fully saturated rings. The molecule has 0 spiro atoms.